The van der Waals surface area contributed by atoms with Gasteiger partial charge in [-0.3, -0.25) is 9.10 Å². The van der Waals surface area contributed by atoms with E-state index in [4.69, 9.17) is 0 Å². The summed E-state index contributed by atoms with van der Waals surface area (Å²) in [5.41, 5.74) is 5.18. The Morgan fingerprint density at radius 2 is 1.86 bits per heavy atom. The molecular weight excluding hydrogens is 406 g/mol. The number of amides is 1. The molecule has 0 N–H and O–H groups in total. The molecule has 29 heavy (non-hydrogen) atoms. The summed E-state index contributed by atoms with van der Waals surface area (Å²) in [5.74, 6) is -0.0223. The van der Waals surface area contributed by atoms with Crippen LogP contribution in [0.2, 0.25) is 0 Å². The number of aromatic nitrogens is 1. The number of carbonyl (C=O) groups excluding carboxylic acids is 1. The Bertz CT molecular complexity index is 1260. The van der Waals surface area contributed by atoms with Gasteiger partial charge in [0.25, 0.3) is 10.0 Å². The van der Waals surface area contributed by atoms with Crippen molar-refractivity contribution in [1.29, 1.82) is 0 Å². The van der Waals surface area contributed by atoms with Crippen molar-refractivity contribution >= 4 is 38.6 Å². The monoisotopic (exact) mass is 425 g/mol. The van der Waals surface area contributed by atoms with Gasteiger partial charge in [0.15, 0.2) is 0 Å². The largest absolute Gasteiger partial charge is 0.315 e. The summed E-state index contributed by atoms with van der Waals surface area (Å²) in [7, 11) is -1.98. The number of nitrogens with zero attached hydrogens (tertiary/aromatic N) is 3. The third-order valence-electron chi connectivity index (χ3n) is 5.56. The highest BCUT2D eigenvalue weighted by Gasteiger charge is 2.33. The van der Waals surface area contributed by atoms with Gasteiger partial charge < -0.3 is 4.90 Å². The lowest BCUT2D eigenvalue weighted by Crippen LogP contribution is -2.29. The van der Waals surface area contributed by atoms with Crippen molar-refractivity contribution in [3.05, 3.63) is 57.9 Å². The average Bonchev–Trinajstić information content (AvgIpc) is 3.39. The van der Waals surface area contributed by atoms with E-state index < -0.39 is 10.0 Å². The van der Waals surface area contributed by atoms with Crippen LogP contribution < -0.4 is 9.21 Å². The number of hydrogen-bond acceptors (Lipinski definition) is 5. The summed E-state index contributed by atoms with van der Waals surface area (Å²) in [4.78, 5) is 18.2. The quantitative estimate of drug-likeness (QED) is 0.645. The van der Waals surface area contributed by atoms with E-state index in [1.54, 1.807) is 41.5 Å². The SMILES string of the molecule is Cc1nc(-c2ccc3c(c2)CCN3S(=O)(=O)c2ccc3c(c2)CC(=O)N3C)cs1. The molecular formula is C21H19N3O3S2. The predicted octanol–water partition coefficient (Wildman–Crippen LogP) is 3.39. The molecule has 3 heterocycles. The van der Waals surface area contributed by atoms with Crippen LogP contribution in [0.5, 0.6) is 0 Å². The number of hydrogen-bond donors (Lipinski definition) is 0. The van der Waals surface area contributed by atoms with Crippen LogP contribution in [-0.2, 0) is 27.7 Å². The summed E-state index contributed by atoms with van der Waals surface area (Å²) in [6.07, 6.45) is 0.903. The summed E-state index contributed by atoms with van der Waals surface area (Å²) in [6, 6.07) is 10.8. The van der Waals surface area contributed by atoms with Crippen molar-refractivity contribution in [2.24, 2.45) is 0 Å². The molecule has 148 valence electrons. The van der Waals surface area contributed by atoms with Gasteiger partial charge in [-0.1, -0.05) is 6.07 Å². The van der Waals surface area contributed by atoms with Crippen LogP contribution in [0.1, 0.15) is 16.1 Å². The zero-order chi connectivity index (χ0) is 20.3. The number of likely N-dealkylation sites (N-methyl/N-ethyl adjacent to an activating group) is 1. The molecule has 0 unspecified atom stereocenters. The molecule has 2 aromatic carbocycles. The predicted molar refractivity (Wildman–Crippen MR) is 114 cm³/mol. The maximum absolute atomic E-state index is 13.3. The molecule has 0 atom stereocenters. The Morgan fingerprint density at radius 3 is 2.62 bits per heavy atom. The molecule has 1 aromatic heterocycles. The fourth-order valence-corrected chi connectivity index (χ4v) is 6.19. The Balaban J connectivity index is 1.50. The molecule has 2 aliphatic rings. The zero-order valence-electron chi connectivity index (χ0n) is 16.0. The van der Waals surface area contributed by atoms with Gasteiger partial charge in [0, 0.05) is 30.2 Å². The minimum atomic E-state index is -3.69. The highest BCUT2D eigenvalue weighted by Crippen LogP contribution is 2.37. The number of aryl methyl sites for hydroxylation is 1. The summed E-state index contributed by atoms with van der Waals surface area (Å²) < 4.78 is 28.1. The van der Waals surface area contributed by atoms with E-state index in [1.165, 1.54) is 4.31 Å². The van der Waals surface area contributed by atoms with Gasteiger partial charge in [-0.25, -0.2) is 13.4 Å². The molecule has 3 aromatic rings. The number of sulfonamides is 1. The number of carbonyl (C=O) groups is 1. The fourth-order valence-electron chi connectivity index (χ4n) is 4.01. The van der Waals surface area contributed by atoms with Crippen molar-refractivity contribution in [2.45, 2.75) is 24.7 Å². The molecule has 5 rings (SSSR count). The number of anilines is 2. The third kappa shape index (κ3) is 2.86. The van der Waals surface area contributed by atoms with Crippen LogP contribution in [-0.4, -0.2) is 32.9 Å². The van der Waals surface area contributed by atoms with Crippen LogP contribution >= 0.6 is 11.3 Å². The van der Waals surface area contributed by atoms with E-state index in [1.807, 2.05) is 30.5 Å². The van der Waals surface area contributed by atoms with Gasteiger partial charge in [0.05, 0.1) is 27.7 Å². The van der Waals surface area contributed by atoms with Gasteiger partial charge in [0.1, 0.15) is 0 Å². The molecule has 0 saturated heterocycles. The maximum atomic E-state index is 13.3. The van der Waals surface area contributed by atoms with E-state index in [9.17, 15) is 13.2 Å². The van der Waals surface area contributed by atoms with Crippen LogP contribution in [0.15, 0.2) is 46.7 Å². The van der Waals surface area contributed by atoms with Gasteiger partial charge >= 0.3 is 0 Å². The molecule has 1 amide bonds. The van der Waals surface area contributed by atoms with Crippen molar-refractivity contribution < 1.29 is 13.2 Å². The average molecular weight is 426 g/mol. The highest BCUT2D eigenvalue weighted by atomic mass is 32.2. The lowest BCUT2D eigenvalue weighted by molar-refractivity contribution is -0.117. The lowest BCUT2D eigenvalue weighted by Gasteiger charge is -2.20. The first-order chi connectivity index (χ1) is 13.8. The topological polar surface area (TPSA) is 70.6 Å². The van der Waals surface area contributed by atoms with Crippen LogP contribution in [0, 0.1) is 6.92 Å². The maximum Gasteiger partial charge on any atom is 0.264 e. The first kappa shape index (κ1) is 18.3. The van der Waals surface area contributed by atoms with E-state index in [-0.39, 0.29) is 17.2 Å². The number of rotatable bonds is 3. The number of thiazole rings is 1. The second-order valence-corrected chi connectivity index (χ2v) is 10.3. The van der Waals surface area contributed by atoms with Crippen LogP contribution in [0.25, 0.3) is 11.3 Å². The molecule has 0 spiro atoms. The Labute approximate surface area is 173 Å². The lowest BCUT2D eigenvalue weighted by atomic mass is 10.1. The smallest absolute Gasteiger partial charge is 0.264 e. The molecule has 0 saturated carbocycles. The Kier molecular flexibility index (Phi) is 4.04. The molecule has 6 nitrogen and oxygen atoms in total. The van der Waals surface area contributed by atoms with Gasteiger partial charge in [0.2, 0.25) is 5.91 Å². The summed E-state index contributed by atoms with van der Waals surface area (Å²) in [6.45, 7) is 2.38. The molecule has 8 heteroatoms. The van der Waals surface area contributed by atoms with Gasteiger partial charge in [-0.05, 0) is 54.8 Å². The standard InChI is InChI=1S/C21H19N3O3S2/c1-13-22-18(12-28-13)14-3-5-20-15(9-14)7-8-24(20)29(26,27)17-4-6-19-16(10-17)11-21(25)23(19)2/h3-6,9-10,12H,7-8,11H2,1-2H3. The first-order valence-electron chi connectivity index (χ1n) is 9.32. The Morgan fingerprint density at radius 1 is 1.07 bits per heavy atom. The second kappa shape index (κ2) is 6.40. The third-order valence-corrected chi connectivity index (χ3v) is 8.15. The normalized spacial score (nSPS) is 15.7. The second-order valence-electron chi connectivity index (χ2n) is 7.34. The van der Waals surface area contributed by atoms with E-state index in [2.05, 4.69) is 4.98 Å². The molecule has 0 fully saturated rings. The van der Waals surface area contributed by atoms with E-state index in [0.29, 0.717) is 13.0 Å². The first-order valence-corrected chi connectivity index (χ1v) is 11.6. The van der Waals surface area contributed by atoms with Crippen molar-refractivity contribution in [3.8, 4) is 11.3 Å². The summed E-state index contributed by atoms with van der Waals surface area (Å²) in [5, 5.41) is 3.02. The van der Waals surface area contributed by atoms with Crippen molar-refractivity contribution in [1.82, 2.24) is 4.98 Å². The zero-order valence-corrected chi connectivity index (χ0v) is 17.7. The Hall–Kier alpha value is -2.71. The van der Waals surface area contributed by atoms with E-state index >= 15 is 0 Å². The van der Waals surface area contributed by atoms with Crippen molar-refractivity contribution in [3.63, 3.8) is 0 Å². The van der Waals surface area contributed by atoms with Crippen LogP contribution in [0.4, 0.5) is 11.4 Å². The van der Waals surface area contributed by atoms with Gasteiger partial charge in [-0.15, -0.1) is 11.3 Å². The molecule has 2 aliphatic heterocycles. The number of fused-ring (bicyclic) bond motifs is 2. The van der Waals surface area contributed by atoms with Crippen molar-refractivity contribution in [2.75, 3.05) is 22.8 Å². The van der Waals surface area contributed by atoms with E-state index in [0.717, 1.165) is 38.8 Å². The minimum Gasteiger partial charge on any atom is -0.315 e. The highest BCUT2D eigenvalue weighted by molar-refractivity contribution is 7.92. The molecule has 0 radical (unpaired) electrons. The number of benzene rings is 2. The summed E-state index contributed by atoms with van der Waals surface area (Å²) >= 11 is 1.60. The van der Waals surface area contributed by atoms with Crippen LogP contribution in [0.3, 0.4) is 0 Å². The fraction of sp³-hybridized carbons (Fsp3) is 0.238. The minimum absolute atomic E-state index is 0.0223. The van der Waals surface area contributed by atoms with Gasteiger partial charge in [-0.2, -0.15) is 0 Å². The molecule has 0 aliphatic carbocycles. The molecule has 0 bridgehead atoms.